The molecule has 1 fully saturated rings. The average molecular weight is 273 g/mol. The van der Waals surface area contributed by atoms with Gasteiger partial charge in [-0.25, -0.2) is 5.43 Å². The molecule has 106 valence electrons. The zero-order valence-electron chi connectivity index (χ0n) is 11.6. The molecule has 5 heteroatoms. The third-order valence-corrected chi connectivity index (χ3v) is 3.16. The number of hydrazone groups is 1. The van der Waals surface area contributed by atoms with Crippen molar-refractivity contribution in [1.29, 1.82) is 0 Å². The number of hydrogen-bond donors (Lipinski definition) is 2. The minimum absolute atomic E-state index is 0.139. The Morgan fingerprint density at radius 3 is 2.45 bits per heavy atom. The van der Waals surface area contributed by atoms with Crippen molar-refractivity contribution in [3.63, 3.8) is 0 Å². The highest BCUT2D eigenvalue weighted by Crippen LogP contribution is 2.30. The van der Waals surface area contributed by atoms with Gasteiger partial charge in [-0.05, 0) is 37.8 Å². The van der Waals surface area contributed by atoms with Crippen LogP contribution in [0.4, 0.5) is 5.69 Å². The molecule has 0 aliphatic heterocycles. The van der Waals surface area contributed by atoms with Crippen LogP contribution in [0.1, 0.15) is 32.6 Å². The predicted molar refractivity (Wildman–Crippen MR) is 78.3 cm³/mol. The summed E-state index contributed by atoms with van der Waals surface area (Å²) < 4.78 is 0. The van der Waals surface area contributed by atoms with Crippen LogP contribution in [0.2, 0.25) is 0 Å². The first kappa shape index (κ1) is 14.2. The average Bonchev–Trinajstić information content (AvgIpc) is 3.28. The van der Waals surface area contributed by atoms with E-state index in [4.69, 9.17) is 0 Å². The molecular formula is C15H19N3O2. The lowest BCUT2D eigenvalue weighted by atomic mass is 10.2. The lowest BCUT2D eigenvalue weighted by Crippen LogP contribution is -2.21. The molecule has 0 bridgehead atoms. The van der Waals surface area contributed by atoms with E-state index in [0.717, 1.165) is 24.2 Å². The Morgan fingerprint density at radius 2 is 1.80 bits per heavy atom. The van der Waals surface area contributed by atoms with Crippen molar-refractivity contribution in [2.45, 2.75) is 32.6 Å². The molecule has 1 aromatic rings. The molecule has 1 aliphatic carbocycles. The molecule has 1 saturated carbocycles. The first-order valence-corrected chi connectivity index (χ1v) is 6.83. The summed E-state index contributed by atoms with van der Waals surface area (Å²) in [5, 5.41) is 6.77. The lowest BCUT2D eigenvalue weighted by molar-refractivity contribution is -0.124. The van der Waals surface area contributed by atoms with Crippen LogP contribution in [0, 0.1) is 5.92 Å². The summed E-state index contributed by atoms with van der Waals surface area (Å²) in [6.07, 6.45) is 2.61. The van der Waals surface area contributed by atoms with Gasteiger partial charge in [-0.3, -0.25) is 9.59 Å². The van der Waals surface area contributed by atoms with Crippen LogP contribution in [-0.2, 0) is 9.59 Å². The number of anilines is 1. The molecule has 0 saturated heterocycles. The molecule has 20 heavy (non-hydrogen) atoms. The summed E-state index contributed by atoms with van der Waals surface area (Å²) in [5.74, 6) is 0.138. The van der Waals surface area contributed by atoms with Gasteiger partial charge in [0.1, 0.15) is 0 Å². The molecule has 2 amide bonds. The number of carbonyl (C=O) groups is 2. The molecule has 0 heterocycles. The van der Waals surface area contributed by atoms with Gasteiger partial charge in [-0.15, -0.1) is 0 Å². The monoisotopic (exact) mass is 273 g/mol. The van der Waals surface area contributed by atoms with Crippen LogP contribution in [0.5, 0.6) is 0 Å². The van der Waals surface area contributed by atoms with E-state index in [0.29, 0.717) is 5.92 Å². The number of hydrogen-bond acceptors (Lipinski definition) is 3. The third kappa shape index (κ3) is 4.84. The zero-order valence-corrected chi connectivity index (χ0v) is 11.6. The molecule has 2 N–H and O–H groups in total. The number of nitrogens with zero attached hydrogens (tertiary/aromatic N) is 1. The molecule has 5 nitrogen and oxygen atoms in total. The second kappa shape index (κ2) is 6.84. The van der Waals surface area contributed by atoms with Crippen molar-refractivity contribution in [2.24, 2.45) is 11.0 Å². The summed E-state index contributed by atoms with van der Waals surface area (Å²) in [6.45, 7) is 1.92. The SMILES string of the molecule is C/C(=N/NC(=O)CCC(=O)Nc1ccccc1)C1CC1. The zero-order chi connectivity index (χ0) is 14.4. The summed E-state index contributed by atoms with van der Waals surface area (Å²) in [6, 6.07) is 9.18. The van der Waals surface area contributed by atoms with Gasteiger partial charge in [-0.1, -0.05) is 18.2 Å². The second-order valence-corrected chi connectivity index (χ2v) is 4.98. The first-order chi connectivity index (χ1) is 9.65. The highest BCUT2D eigenvalue weighted by Gasteiger charge is 2.24. The molecule has 0 unspecified atom stereocenters. The molecular weight excluding hydrogens is 254 g/mol. The maximum Gasteiger partial charge on any atom is 0.240 e. The molecule has 2 rings (SSSR count). The minimum Gasteiger partial charge on any atom is -0.326 e. The standard InChI is InChI=1S/C15H19N3O2/c1-11(12-7-8-12)17-18-15(20)10-9-14(19)16-13-5-3-2-4-6-13/h2-6,12H,7-10H2,1H3,(H,16,19)(H,18,20)/b17-11-. The maximum atomic E-state index is 11.6. The fraction of sp³-hybridized carbons (Fsp3) is 0.400. The number of nitrogens with one attached hydrogen (secondary N) is 2. The highest BCUT2D eigenvalue weighted by molar-refractivity contribution is 5.93. The molecule has 1 aliphatic rings. The highest BCUT2D eigenvalue weighted by atomic mass is 16.2. The normalized spacial score (nSPS) is 14.8. The molecule has 0 aromatic heterocycles. The summed E-state index contributed by atoms with van der Waals surface area (Å²) in [4.78, 5) is 23.2. The van der Waals surface area contributed by atoms with Crippen molar-refractivity contribution in [3.05, 3.63) is 30.3 Å². The van der Waals surface area contributed by atoms with Gasteiger partial charge in [0.2, 0.25) is 11.8 Å². The Labute approximate surface area is 118 Å². The van der Waals surface area contributed by atoms with Crippen LogP contribution in [0.25, 0.3) is 0 Å². The van der Waals surface area contributed by atoms with E-state index in [1.54, 1.807) is 12.1 Å². The number of para-hydroxylation sites is 1. The van der Waals surface area contributed by atoms with Crippen molar-refractivity contribution in [3.8, 4) is 0 Å². The Kier molecular flexibility index (Phi) is 4.87. The quantitative estimate of drug-likeness (QED) is 0.616. The van der Waals surface area contributed by atoms with E-state index in [-0.39, 0.29) is 24.7 Å². The Bertz CT molecular complexity index is 507. The van der Waals surface area contributed by atoms with Crippen LogP contribution in [0.3, 0.4) is 0 Å². The fourth-order valence-electron chi connectivity index (χ4n) is 1.77. The summed E-state index contributed by atoms with van der Waals surface area (Å²) in [5.41, 5.74) is 4.19. The van der Waals surface area contributed by atoms with Crippen LogP contribution in [-0.4, -0.2) is 17.5 Å². The third-order valence-electron chi connectivity index (χ3n) is 3.16. The number of benzene rings is 1. The summed E-state index contributed by atoms with van der Waals surface area (Å²) >= 11 is 0. The lowest BCUT2D eigenvalue weighted by Gasteiger charge is -2.04. The fourth-order valence-corrected chi connectivity index (χ4v) is 1.77. The van der Waals surface area contributed by atoms with Gasteiger partial charge < -0.3 is 5.32 Å². The molecule has 1 aromatic carbocycles. The Morgan fingerprint density at radius 1 is 1.15 bits per heavy atom. The topological polar surface area (TPSA) is 70.6 Å². The minimum atomic E-state index is -0.229. The van der Waals surface area contributed by atoms with Gasteiger partial charge in [-0.2, -0.15) is 5.10 Å². The maximum absolute atomic E-state index is 11.6. The Balaban J connectivity index is 1.67. The van der Waals surface area contributed by atoms with Crippen molar-refractivity contribution < 1.29 is 9.59 Å². The van der Waals surface area contributed by atoms with Gasteiger partial charge in [0.05, 0.1) is 0 Å². The molecule has 0 atom stereocenters. The smallest absolute Gasteiger partial charge is 0.240 e. The number of carbonyl (C=O) groups excluding carboxylic acids is 2. The van der Waals surface area contributed by atoms with E-state index < -0.39 is 0 Å². The van der Waals surface area contributed by atoms with Gasteiger partial charge >= 0.3 is 0 Å². The summed E-state index contributed by atoms with van der Waals surface area (Å²) in [7, 11) is 0. The largest absolute Gasteiger partial charge is 0.326 e. The van der Waals surface area contributed by atoms with Gasteiger partial charge in [0.15, 0.2) is 0 Å². The van der Waals surface area contributed by atoms with Gasteiger partial charge in [0.25, 0.3) is 0 Å². The van der Waals surface area contributed by atoms with E-state index in [1.807, 2.05) is 25.1 Å². The van der Waals surface area contributed by atoms with E-state index in [1.165, 1.54) is 0 Å². The van der Waals surface area contributed by atoms with Crippen molar-refractivity contribution >= 4 is 23.2 Å². The number of rotatable bonds is 6. The second-order valence-electron chi connectivity index (χ2n) is 4.98. The van der Waals surface area contributed by atoms with E-state index >= 15 is 0 Å². The van der Waals surface area contributed by atoms with E-state index in [9.17, 15) is 9.59 Å². The van der Waals surface area contributed by atoms with Crippen molar-refractivity contribution in [1.82, 2.24) is 5.43 Å². The van der Waals surface area contributed by atoms with E-state index in [2.05, 4.69) is 15.8 Å². The van der Waals surface area contributed by atoms with Crippen molar-refractivity contribution in [2.75, 3.05) is 5.32 Å². The number of amides is 2. The predicted octanol–water partition coefficient (Wildman–Crippen LogP) is 2.31. The first-order valence-electron chi connectivity index (χ1n) is 6.83. The van der Waals surface area contributed by atoms with Gasteiger partial charge in [0, 0.05) is 24.2 Å². The Hall–Kier alpha value is -2.17. The molecule has 0 radical (unpaired) electrons. The van der Waals surface area contributed by atoms with Crippen LogP contribution < -0.4 is 10.7 Å². The molecule has 0 spiro atoms. The van der Waals surface area contributed by atoms with Crippen LogP contribution in [0.15, 0.2) is 35.4 Å². The van der Waals surface area contributed by atoms with Crippen LogP contribution >= 0.6 is 0 Å².